The van der Waals surface area contributed by atoms with Crippen molar-refractivity contribution in [2.24, 2.45) is 5.41 Å². The first-order valence-corrected chi connectivity index (χ1v) is 8.54. The van der Waals surface area contributed by atoms with Gasteiger partial charge in [-0.3, -0.25) is 0 Å². The summed E-state index contributed by atoms with van der Waals surface area (Å²) in [6, 6.07) is 9.88. The fourth-order valence-corrected chi connectivity index (χ4v) is 3.48. The number of anilines is 2. The molecule has 6 nitrogen and oxygen atoms in total. The van der Waals surface area contributed by atoms with Crippen LogP contribution in [0, 0.1) is 12.3 Å². The molecule has 2 aromatic rings. The highest BCUT2D eigenvalue weighted by Gasteiger charge is 2.49. The Kier molecular flexibility index (Phi) is 4.01. The number of ether oxygens (including phenoxy) is 2. The summed E-state index contributed by atoms with van der Waals surface area (Å²) < 4.78 is 10.9. The zero-order valence-electron chi connectivity index (χ0n) is 14.4. The van der Waals surface area contributed by atoms with E-state index in [9.17, 15) is 0 Å². The molecule has 2 aliphatic heterocycles. The highest BCUT2D eigenvalue weighted by atomic mass is 16.5. The third-order valence-corrected chi connectivity index (χ3v) is 4.90. The monoisotopic (exact) mass is 341 g/mol. The number of hydrogen-bond acceptors (Lipinski definition) is 6. The second-order valence-electron chi connectivity index (χ2n) is 7.05. The first-order chi connectivity index (χ1) is 12.1. The maximum absolute atomic E-state index is 9.04. The predicted molar refractivity (Wildman–Crippen MR) is 96.9 cm³/mol. The largest absolute Gasteiger partial charge is 0.475 e. The molecular weight excluding hydrogens is 318 g/mol. The van der Waals surface area contributed by atoms with E-state index in [1.54, 1.807) is 0 Å². The van der Waals surface area contributed by atoms with Gasteiger partial charge in [0.1, 0.15) is 12.4 Å². The van der Waals surface area contributed by atoms with E-state index < -0.39 is 0 Å². The van der Waals surface area contributed by atoms with Crippen LogP contribution in [0.4, 0.5) is 11.5 Å². The maximum atomic E-state index is 9.04. The van der Waals surface area contributed by atoms with Crippen LogP contribution in [0.1, 0.15) is 5.56 Å². The van der Waals surface area contributed by atoms with Gasteiger partial charge in [-0.2, -0.15) is 4.98 Å². The number of aliphatic hydroxyl groups excluding tert-OH is 1. The van der Waals surface area contributed by atoms with Gasteiger partial charge in [-0.15, -0.1) is 0 Å². The molecule has 1 aromatic carbocycles. The predicted octanol–water partition coefficient (Wildman–Crippen LogP) is 1.85. The van der Waals surface area contributed by atoms with Crippen LogP contribution in [-0.2, 0) is 4.74 Å². The van der Waals surface area contributed by atoms with Crippen molar-refractivity contribution in [3.8, 4) is 17.0 Å². The highest BCUT2D eigenvalue weighted by Crippen LogP contribution is 2.41. The Morgan fingerprint density at radius 2 is 2.08 bits per heavy atom. The molecule has 0 saturated carbocycles. The molecule has 3 heterocycles. The van der Waals surface area contributed by atoms with Crippen LogP contribution >= 0.6 is 0 Å². The Labute approximate surface area is 147 Å². The van der Waals surface area contributed by atoms with Crippen LogP contribution in [-0.4, -0.2) is 49.6 Å². The maximum Gasteiger partial charge on any atom is 0.215 e. The summed E-state index contributed by atoms with van der Waals surface area (Å²) in [5, 5.41) is 9.04. The van der Waals surface area contributed by atoms with E-state index in [0.29, 0.717) is 11.3 Å². The molecule has 2 fully saturated rings. The lowest BCUT2D eigenvalue weighted by atomic mass is 9.78. The third-order valence-electron chi connectivity index (χ3n) is 4.90. The lowest BCUT2D eigenvalue weighted by Gasteiger charge is -2.55. The molecule has 0 bridgehead atoms. The highest BCUT2D eigenvalue weighted by molar-refractivity contribution is 5.74. The van der Waals surface area contributed by atoms with Crippen molar-refractivity contribution in [2.45, 2.75) is 6.92 Å². The normalized spacial score (nSPS) is 17.9. The van der Waals surface area contributed by atoms with Crippen molar-refractivity contribution < 1.29 is 14.6 Å². The molecule has 0 amide bonds. The molecule has 0 atom stereocenters. The lowest BCUT2D eigenvalue weighted by molar-refractivity contribution is -0.127. The second kappa shape index (κ2) is 6.20. The molecule has 1 aromatic heterocycles. The van der Waals surface area contributed by atoms with E-state index in [1.165, 1.54) is 0 Å². The number of nitrogen functional groups attached to an aromatic ring is 1. The van der Waals surface area contributed by atoms with Crippen LogP contribution < -0.4 is 15.4 Å². The van der Waals surface area contributed by atoms with Gasteiger partial charge in [-0.05, 0) is 41.8 Å². The Hall–Kier alpha value is -2.31. The minimum atomic E-state index is -0.0390. The number of benzene rings is 1. The molecule has 1 spiro atoms. The van der Waals surface area contributed by atoms with E-state index in [0.717, 1.165) is 54.5 Å². The number of nitrogens with two attached hydrogens (primary N) is 1. The van der Waals surface area contributed by atoms with Gasteiger partial charge in [-0.25, -0.2) is 0 Å². The van der Waals surface area contributed by atoms with E-state index in [1.807, 2.05) is 24.3 Å². The molecular formula is C19H23N3O3. The summed E-state index contributed by atoms with van der Waals surface area (Å²) in [6.45, 7) is 5.84. The number of aromatic nitrogens is 1. The van der Waals surface area contributed by atoms with Crippen molar-refractivity contribution in [2.75, 3.05) is 50.2 Å². The first kappa shape index (κ1) is 16.2. The molecule has 2 aliphatic rings. The quantitative estimate of drug-likeness (QED) is 0.808. The van der Waals surface area contributed by atoms with Gasteiger partial charge in [0.2, 0.25) is 5.88 Å². The van der Waals surface area contributed by atoms with Crippen LogP contribution in [0.5, 0.6) is 5.88 Å². The van der Waals surface area contributed by atoms with E-state index in [2.05, 4.69) is 22.9 Å². The van der Waals surface area contributed by atoms with Crippen molar-refractivity contribution in [3.05, 3.63) is 35.9 Å². The number of aliphatic hydroxyl groups is 1. The van der Waals surface area contributed by atoms with Gasteiger partial charge >= 0.3 is 0 Å². The van der Waals surface area contributed by atoms with Crippen LogP contribution in [0.2, 0.25) is 0 Å². The summed E-state index contributed by atoms with van der Waals surface area (Å²) in [5.41, 5.74) is 10.3. The topological polar surface area (TPSA) is 80.8 Å². The van der Waals surface area contributed by atoms with E-state index >= 15 is 0 Å². The van der Waals surface area contributed by atoms with Crippen molar-refractivity contribution in [1.82, 2.24) is 4.98 Å². The van der Waals surface area contributed by atoms with E-state index in [4.69, 9.17) is 20.3 Å². The summed E-state index contributed by atoms with van der Waals surface area (Å²) >= 11 is 0. The van der Waals surface area contributed by atoms with Gasteiger partial charge in [0.25, 0.3) is 0 Å². The van der Waals surface area contributed by atoms with E-state index in [-0.39, 0.29) is 13.2 Å². The number of hydrogen-bond donors (Lipinski definition) is 2. The molecule has 0 radical (unpaired) electrons. The zero-order chi connectivity index (χ0) is 17.4. The molecule has 0 aliphatic carbocycles. The summed E-state index contributed by atoms with van der Waals surface area (Å²) in [6.07, 6.45) is 0. The first-order valence-electron chi connectivity index (χ1n) is 8.54. The Morgan fingerprint density at radius 1 is 1.28 bits per heavy atom. The molecule has 3 N–H and O–H groups in total. The van der Waals surface area contributed by atoms with Crippen LogP contribution in [0.25, 0.3) is 11.1 Å². The SMILES string of the molecule is Cc1ccc(N)cc1-c1cc(OCCO)nc(N2CC3(COC3)C2)c1. The fourth-order valence-electron chi connectivity index (χ4n) is 3.48. The summed E-state index contributed by atoms with van der Waals surface area (Å²) in [7, 11) is 0. The van der Waals surface area contributed by atoms with Crippen LogP contribution in [0.3, 0.4) is 0 Å². The average molecular weight is 341 g/mol. The molecule has 2 saturated heterocycles. The van der Waals surface area contributed by atoms with Crippen molar-refractivity contribution in [3.63, 3.8) is 0 Å². The Morgan fingerprint density at radius 3 is 2.76 bits per heavy atom. The third kappa shape index (κ3) is 3.03. The molecule has 6 heteroatoms. The number of rotatable bonds is 5. The van der Waals surface area contributed by atoms with Crippen LogP contribution in [0.15, 0.2) is 30.3 Å². The standard InChI is InChI=1S/C19H23N3O3/c1-13-2-3-15(20)8-16(13)14-6-17(21-18(7-14)25-5-4-23)22-9-19(10-22)11-24-12-19/h2-3,6-8,23H,4-5,9-12,20H2,1H3. The minimum absolute atomic E-state index is 0.0390. The number of aryl methyl sites for hydroxylation is 1. The molecule has 0 unspecified atom stereocenters. The van der Waals surface area contributed by atoms with Gasteiger partial charge < -0.3 is 25.2 Å². The summed E-state index contributed by atoms with van der Waals surface area (Å²) in [4.78, 5) is 6.86. The van der Waals surface area contributed by atoms with Crippen molar-refractivity contribution >= 4 is 11.5 Å². The zero-order valence-corrected chi connectivity index (χ0v) is 14.4. The number of pyridine rings is 1. The average Bonchev–Trinajstić information content (AvgIpc) is 2.52. The smallest absolute Gasteiger partial charge is 0.215 e. The van der Waals surface area contributed by atoms with Gasteiger partial charge in [0, 0.05) is 24.8 Å². The fraction of sp³-hybridized carbons (Fsp3) is 0.421. The summed E-state index contributed by atoms with van der Waals surface area (Å²) in [5.74, 6) is 1.42. The molecule has 132 valence electrons. The molecule has 25 heavy (non-hydrogen) atoms. The number of nitrogens with zero attached hydrogens (tertiary/aromatic N) is 2. The Balaban J connectivity index is 1.68. The lowest BCUT2D eigenvalue weighted by Crippen LogP contribution is -2.66. The van der Waals surface area contributed by atoms with Gasteiger partial charge in [-0.1, -0.05) is 6.07 Å². The van der Waals surface area contributed by atoms with Gasteiger partial charge in [0.05, 0.1) is 25.2 Å². The Bertz CT molecular complexity index is 781. The van der Waals surface area contributed by atoms with Gasteiger partial charge in [0.15, 0.2) is 0 Å². The minimum Gasteiger partial charge on any atom is -0.475 e. The second-order valence-corrected chi connectivity index (χ2v) is 7.05. The van der Waals surface area contributed by atoms with Crippen molar-refractivity contribution in [1.29, 1.82) is 0 Å². The molecule has 4 rings (SSSR count).